The molecule has 2 aromatic rings. The van der Waals surface area contributed by atoms with E-state index in [4.69, 9.17) is 5.11 Å². The SMILES string of the molecule is CN(CCC(=O)O)C(=O)c1ccc(Sc2nncn2C)c([N+](=O)[O-])c1. The van der Waals surface area contributed by atoms with E-state index in [1.165, 1.54) is 36.5 Å². The van der Waals surface area contributed by atoms with Crippen LogP contribution in [0.4, 0.5) is 5.69 Å². The van der Waals surface area contributed by atoms with Gasteiger partial charge in [-0.05, 0) is 23.9 Å². The van der Waals surface area contributed by atoms with Gasteiger partial charge < -0.3 is 14.6 Å². The number of hydrogen-bond acceptors (Lipinski definition) is 7. The molecule has 1 amide bonds. The van der Waals surface area contributed by atoms with Crippen LogP contribution in [0, 0.1) is 10.1 Å². The average molecular weight is 365 g/mol. The van der Waals surface area contributed by atoms with Gasteiger partial charge in [-0.15, -0.1) is 10.2 Å². The van der Waals surface area contributed by atoms with Gasteiger partial charge >= 0.3 is 5.97 Å². The van der Waals surface area contributed by atoms with Gasteiger partial charge in [0.1, 0.15) is 6.33 Å². The van der Waals surface area contributed by atoms with E-state index < -0.39 is 16.8 Å². The molecule has 0 spiro atoms. The van der Waals surface area contributed by atoms with E-state index in [2.05, 4.69) is 10.2 Å². The molecule has 1 aromatic carbocycles. The highest BCUT2D eigenvalue weighted by molar-refractivity contribution is 7.99. The first-order chi connectivity index (χ1) is 11.8. The number of nitro groups is 1. The van der Waals surface area contributed by atoms with Crippen LogP contribution in [-0.2, 0) is 11.8 Å². The molecule has 0 bridgehead atoms. The van der Waals surface area contributed by atoms with Crippen molar-refractivity contribution in [3.8, 4) is 0 Å². The summed E-state index contributed by atoms with van der Waals surface area (Å²) in [5.74, 6) is -1.51. The molecule has 0 fully saturated rings. The van der Waals surface area contributed by atoms with Crippen molar-refractivity contribution in [1.29, 1.82) is 0 Å². The van der Waals surface area contributed by atoms with Crippen molar-refractivity contribution >= 4 is 29.3 Å². The molecule has 1 aromatic heterocycles. The Kier molecular flexibility index (Phi) is 5.70. The zero-order chi connectivity index (χ0) is 18.6. The van der Waals surface area contributed by atoms with E-state index in [1.54, 1.807) is 11.6 Å². The Labute approximate surface area is 146 Å². The zero-order valence-corrected chi connectivity index (χ0v) is 14.3. The smallest absolute Gasteiger partial charge is 0.305 e. The molecule has 0 radical (unpaired) electrons. The minimum absolute atomic E-state index is 0.0113. The molecule has 1 N–H and O–H groups in total. The number of aromatic nitrogens is 3. The van der Waals surface area contributed by atoms with Gasteiger partial charge in [0.25, 0.3) is 11.6 Å². The van der Waals surface area contributed by atoms with Crippen molar-refractivity contribution in [3.05, 3.63) is 40.2 Å². The Bertz CT molecular complexity index is 822. The number of carboxylic acids is 1. The van der Waals surface area contributed by atoms with Crippen LogP contribution in [0.15, 0.2) is 34.6 Å². The molecule has 0 aliphatic heterocycles. The Morgan fingerprint density at radius 3 is 2.72 bits per heavy atom. The van der Waals surface area contributed by atoms with Crippen molar-refractivity contribution in [2.75, 3.05) is 13.6 Å². The van der Waals surface area contributed by atoms with E-state index >= 15 is 0 Å². The highest BCUT2D eigenvalue weighted by Gasteiger charge is 2.21. The number of amides is 1. The van der Waals surface area contributed by atoms with Crippen LogP contribution in [0.5, 0.6) is 0 Å². The summed E-state index contributed by atoms with van der Waals surface area (Å²) in [6.45, 7) is 0.0113. The van der Waals surface area contributed by atoms with Crippen LogP contribution in [0.1, 0.15) is 16.8 Å². The number of carbonyl (C=O) groups is 2. The maximum absolute atomic E-state index is 12.3. The lowest BCUT2D eigenvalue weighted by molar-refractivity contribution is -0.387. The number of rotatable bonds is 7. The van der Waals surface area contributed by atoms with Crippen molar-refractivity contribution in [3.63, 3.8) is 0 Å². The summed E-state index contributed by atoms with van der Waals surface area (Å²) in [7, 11) is 3.16. The predicted octanol–water partition coefficient (Wildman–Crippen LogP) is 1.42. The minimum atomic E-state index is -1.03. The van der Waals surface area contributed by atoms with Crippen LogP contribution in [0.3, 0.4) is 0 Å². The summed E-state index contributed by atoms with van der Waals surface area (Å²) in [6, 6.07) is 4.11. The lowest BCUT2D eigenvalue weighted by Gasteiger charge is -2.16. The van der Waals surface area contributed by atoms with Crippen molar-refractivity contribution in [1.82, 2.24) is 19.7 Å². The second kappa shape index (κ2) is 7.75. The van der Waals surface area contributed by atoms with Crippen LogP contribution in [-0.4, -0.2) is 55.2 Å². The van der Waals surface area contributed by atoms with Crippen LogP contribution in [0.2, 0.25) is 0 Å². The number of benzene rings is 1. The van der Waals surface area contributed by atoms with Gasteiger partial charge in [-0.1, -0.05) is 0 Å². The second-order valence-electron chi connectivity index (χ2n) is 5.14. The summed E-state index contributed by atoms with van der Waals surface area (Å²) in [5, 5.41) is 28.1. The Morgan fingerprint density at radius 1 is 1.44 bits per heavy atom. The van der Waals surface area contributed by atoms with E-state index in [-0.39, 0.29) is 24.2 Å². The third kappa shape index (κ3) is 4.53. The molecule has 0 saturated carbocycles. The zero-order valence-electron chi connectivity index (χ0n) is 13.4. The summed E-state index contributed by atoms with van der Waals surface area (Å²) < 4.78 is 1.62. The monoisotopic (exact) mass is 365 g/mol. The third-order valence-electron chi connectivity index (χ3n) is 3.28. The highest BCUT2D eigenvalue weighted by Crippen LogP contribution is 2.34. The van der Waals surface area contributed by atoms with Crippen LogP contribution in [0.25, 0.3) is 0 Å². The Morgan fingerprint density at radius 2 is 2.16 bits per heavy atom. The minimum Gasteiger partial charge on any atom is -0.481 e. The van der Waals surface area contributed by atoms with E-state index in [9.17, 15) is 19.7 Å². The number of hydrogen-bond donors (Lipinski definition) is 1. The van der Waals surface area contributed by atoms with Gasteiger partial charge in [-0.2, -0.15) is 0 Å². The topological polar surface area (TPSA) is 131 Å². The summed E-state index contributed by atoms with van der Waals surface area (Å²) in [6.07, 6.45) is 1.27. The maximum Gasteiger partial charge on any atom is 0.305 e. The molecule has 0 aliphatic carbocycles. The Hall–Kier alpha value is -2.95. The molecular weight excluding hydrogens is 350 g/mol. The third-order valence-corrected chi connectivity index (χ3v) is 4.40. The standard InChI is InChI=1S/C14H15N5O5S/c1-17(6-5-12(20)21)13(22)9-3-4-11(10(7-9)19(23)24)25-14-16-15-8-18(14)2/h3-4,7-8H,5-6H2,1-2H3,(H,20,21). The molecule has 2 rings (SSSR count). The average Bonchev–Trinajstić information content (AvgIpc) is 2.97. The first-order valence-corrected chi connectivity index (χ1v) is 7.88. The molecule has 11 heteroatoms. The van der Waals surface area contributed by atoms with Crippen molar-refractivity contribution in [2.45, 2.75) is 16.5 Å². The first kappa shape index (κ1) is 18.4. The number of carbonyl (C=O) groups excluding carboxylic acids is 1. The van der Waals surface area contributed by atoms with Crippen molar-refractivity contribution in [2.24, 2.45) is 7.05 Å². The molecule has 1 heterocycles. The van der Waals surface area contributed by atoms with E-state index in [0.29, 0.717) is 10.1 Å². The first-order valence-electron chi connectivity index (χ1n) is 7.07. The summed E-state index contributed by atoms with van der Waals surface area (Å²) in [4.78, 5) is 35.2. The quantitative estimate of drug-likeness (QED) is 0.575. The Balaban J connectivity index is 2.26. The number of nitro benzene ring substituents is 1. The molecule has 0 unspecified atom stereocenters. The van der Waals surface area contributed by atoms with Crippen molar-refractivity contribution < 1.29 is 19.6 Å². The highest BCUT2D eigenvalue weighted by atomic mass is 32.2. The van der Waals surface area contributed by atoms with Gasteiger partial charge in [0.2, 0.25) is 0 Å². The molecule has 25 heavy (non-hydrogen) atoms. The molecular formula is C14H15N5O5S. The maximum atomic E-state index is 12.3. The largest absolute Gasteiger partial charge is 0.481 e. The second-order valence-corrected chi connectivity index (χ2v) is 6.15. The molecule has 132 valence electrons. The number of carboxylic acid groups (broad SMARTS) is 1. The number of aliphatic carboxylic acids is 1. The summed E-state index contributed by atoms with van der Waals surface area (Å²) >= 11 is 1.06. The summed E-state index contributed by atoms with van der Waals surface area (Å²) in [5.41, 5.74) is -0.118. The predicted molar refractivity (Wildman–Crippen MR) is 87.4 cm³/mol. The van der Waals surface area contributed by atoms with Crippen LogP contribution >= 0.6 is 11.8 Å². The van der Waals surface area contributed by atoms with Gasteiger partial charge in [-0.25, -0.2) is 0 Å². The lowest BCUT2D eigenvalue weighted by atomic mass is 10.1. The fraction of sp³-hybridized carbons (Fsp3) is 0.286. The van der Waals surface area contributed by atoms with Gasteiger partial charge in [0.15, 0.2) is 5.16 Å². The van der Waals surface area contributed by atoms with Gasteiger partial charge in [-0.3, -0.25) is 19.7 Å². The fourth-order valence-corrected chi connectivity index (χ4v) is 2.78. The molecule has 10 nitrogen and oxygen atoms in total. The normalized spacial score (nSPS) is 10.5. The van der Waals surface area contributed by atoms with Crippen LogP contribution < -0.4 is 0 Å². The lowest BCUT2D eigenvalue weighted by Crippen LogP contribution is -2.29. The molecule has 0 atom stereocenters. The van der Waals surface area contributed by atoms with E-state index in [1.807, 2.05) is 0 Å². The van der Waals surface area contributed by atoms with E-state index in [0.717, 1.165) is 11.8 Å². The molecule has 0 aliphatic rings. The molecule has 0 saturated heterocycles. The fourth-order valence-electron chi connectivity index (χ4n) is 1.93. The van der Waals surface area contributed by atoms with Gasteiger partial charge in [0.05, 0.1) is 16.2 Å². The number of nitrogens with zero attached hydrogens (tertiary/aromatic N) is 5. The number of aryl methyl sites for hydroxylation is 1. The van der Waals surface area contributed by atoms with Gasteiger partial charge in [0, 0.05) is 32.3 Å².